The third-order valence-electron chi connectivity index (χ3n) is 1.45. The maximum absolute atomic E-state index is 10.6. The normalized spacial score (nSPS) is 10.8. The molecule has 0 aromatic carbocycles. The summed E-state index contributed by atoms with van der Waals surface area (Å²) in [5.41, 5.74) is 0.936. The number of hydrogen-bond acceptors (Lipinski definition) is 2. The summed E-state index contributed by atoms with van der Waals surface area (Å²) in [6.07, 6.45) is 0. The molecule has 0 saturated heterocycles. The van der Waals surface area contributed by atoms with E-state index in [4.69, 9.17) is 5.11 Å². The fraction of sp³-hybridized carbons (Fsp3) is 0. The summed E-state index contributed by atoms with van der Waals surface area (Å²) in [6.45, 7) is 0. The van der Waals surface area contributed by atoms with Crippen molar-refractivity contribution < 1.29 is 9.90 Å². The van der Waals surface area contributed by atoms with Gasteiger partial charge in [-0.1, -0.05) is 0 Å². The van der Waals surface area contributed by atoms with Crippen LogP contribution in [0.5, 0.6) is 0 Å². The van der Waals surface area contributed by atoms with Crippen LogP contribution in [0.3, 0.4) is 0 Å². The van der Waals surface area contributed by atoms with Gasteiger partial charge in [-0.3, -0.25) is 0 Å². The van der Waals surface area contributed by atoms with Crippen molar-refractivity contribution >= 4 is 46.3 Å². The molecule has 2 rings (SSSR count). The third kappa shape index (κ3) is 1.03. The number of aromatic nitrogens is 2. The summed E-state index contributed by atoms with van der Waals surface area (Å²) in [7, 11) is 0. The number of nitrogens with one attached hydrogen (secondary N) is 1. The SMILES string of the molecule is O=C(O)c1[nH]c2[se]cnc2c1Br. The van der Waals surface area contributed by atoms with E-state index in [1.165, 1.54) is 0 Å². The van der Waals surface area contributed by atoms with E-state index in [0.29, 0.717) is 4.47 Å². The van der Waals surface area contributed by atoms with E-state index in [1.54, 1.807) is 0 Å². The Hall–Kier alpha value is -0.581. The van der Waals surface area contributed by atoms with E-state index in [-0.39, 0.29) is 20.2 Å². The van der Waals surface area contributed by atoms with Gasteiger partial charge in [0.05, 0.1) is 0 Å². The molecule has 2 heterocycles. The van der Waals surface area contributed by atoms with Crippen molar-refractivity contribution in [3.8, 4) is 0 Å². The zero-order chi connectivity index (χ0) is 8.72. The minimum atomic E-state index is -0.956. The first kappa shape index (κ1) is 8.04. The molecular weight excluding hydrogens is 291 g/mol. The van der Waals surface area contributed by atoms with Gasteiger partial charge in [-0.2, -0.15) is 0 Å². The Labute approximate surface area is 81.5 Å². The van der Waals surface area contributed by atoms with E-state index in [2.05, 4.69) is 25.9 Å². The summed E-state index contributed by atoms with van der Waals surface area (Å²) in [5.74, 6) is -0.956. The number of halogens is 1. The summed E-state index contributed by atoms with van der Waals surface area (Å²) >= 11 is 3.35. The Kier molecular flexibility index (Phi) is 1.83. The molecule has 0 aliphatic carbocycles. The van der Waals surface area contributed by atoms with Crippen LogP contribution >= 0.6 is 15.9 Å². The van der Waals surface area contributed by atoms with Crippen molar-refractivity contribution in [1.82, 2.24) is 9.97 Å². The predicted octanol–water partition coefficient (Wildman–Crippen LogP) is 1.08. The molecule has 2 aromatic rings. The van der Waals surface area contributed by atoms with Crippen LogP contribution in [0, 0.1) is 0 Å². The number of carbonyl (C=O) groups is 1. The minimum absolute atomic E-state index is 0.158. The summed E-state index contributed by atoms with van der Waals surface area (Å²) in [6, 6.07) is 0. The zero-order valence-corrected chi connectivity index (χ0v) is 8.97. The van der Waals surface area contributed by atoms with Crippen LogP contribution in [0.15, 0.2) is 9.54 Å². The maximum atomic E-state index is 10.6. The molecule has 0 radical (unpaired) electrons. The fourth-order valence-electron chi connectivity index (χ4n) is 0.925. The van der Waals surface area contributed by atoms with Crippen LogP contribution in [-0.4, -0.2) is 35.5 Å². The van der Waals surface area contributed by atoms with Gasteiger partial charge in [0.15, 0.2) is 0 Å². The van der Waals surface area contributed by atoms with E-state index in [1.807, 2.05) is 5.07 Å². The quantitative estimate of drug-likeness (QED) is 0.773. The van der Waals surface area contributed by atoms with Gasteiger partial charge < -0.3 is 0 Å². The first-order chi connectivity index (χ1) is 5.70. The molecule has 0 bridgehead atoms. The van der Waals surface area contributed by atoms with Crippen LogP contribution < -0.4 is 0 Å². The number of fused-ring (bicyclic) bond motifs is 1. The second-order valence-corrected chi connectivity index (χ2v) is 4.74. The number of nitrogens with zero attached hydrogens (tertiary/aromatic N) is 1. The van der Waals surface area contributed by atoms with Gasteiger partial charge >= 0.3 is 81.4 Å². The molecular formula is C6H3BrN2O2Se. The molecule has 0 amide bonds. The Morgan fingerprint density at radius 1 is 1.75 bits per heavy atom. The van der Waals surface area contributed by atoms with E-state index >= 15 is 0 Å². The third-order valence-corrected chi connectivity index (χ3v) is 3.78. The van der Waals surface area contributed by atoms with Crippen molar-refractivity contribution in [2.45, 2.75) is 0 Å². The van der Waals surface area contributed by atoms with Crippen LogP contribution in [0.2, 0.25) is 0 Å². The van der Waals surface area contributed by atoms with Crippen molar-refractivity contribution in [2.24, 2.45) is 0 Å². The first-order valence-electron chi connectivity index (χ1n) is 3.04. The van der Waals surface area contributed by atoms with Gasteiger partial charge in [-0.25, -0.2) is 0 Å². The number of carboxylic acids is 1. The van der Waals surface area contributed by atoms with Gasteiger partial charge in [0.2, 0.25) is 0 Å². The van der Waals surface area contributed by atoms with Crippen molar-refractivity contribution in [2.75, 3.05) is 0 Å². The molecule has 6 heteroatoms. The molecule has 2 aromatic heterocycles. The Morgan fingerprint density at radius 2 is 2.50 bits per heavy atom. The molecule has 0 unspecified atom stereocenters. The van der Waals surface area contributed by atoms with E-state index in [0.717, 1.165) is 9.91 Å². The fourth-order valence-corrected chi connectivity index (χ4v) is 3.24. The molecule has 0 saturated carbocycles. The van der Waals surface area contributed by atoms with Gasteiger partial charge in [0.25, 0.3) is 0 Å². The zero-order valence-electron chi connectivity index (χ0n) is 5.67. The molecule has 0 spiro atoms. The molecule has 2 N–H and O–H groups in total. The van der Waals surface area contributed by atoms with Crippen molar-refractivity contribution in [3.63, 3.8) is 0 Å². The van der Waals surface area contributed by atoms with Crippen LogP contribution in [0.4, 0.5) is 0 Å². The van der Waals surface area contributed by atoms with Crippen molar-refractivity contribution in [1.29, 1.82) is 0 Å². The summed E-state index contributed by atoms with van der Waals surface area (Å²) < 4.78 is 1.48. The molecule has 0 aliphatic rings. The molecule has 0 atom stereocenters. The average molecular weight is 294 g/mol. The molecule has 0 fully saturated rings. The number of rotatable bonds is 1. The molecule has 0 aliphatic heterocycles. The Bertz CT molecular complexity index is 447. The predicted molar refractivity (Wildman–Crippen MR) is 47.7 cm³/mol. The van der Waals surface area contributed by atoms with Crippen LogP contribution in [0.25, 0.3) is 9.91 Å². The van der Waals surface area contributed by atoms with E-state index in [9.17, 15) is 4.79 Å². The second-order valence-electron chi connectivity index (χ2n) is 2.15. The number of hydrogen-bond donors (Lipinski definition) is 2. The second kappa shape index (κ2) is 2.72. The molecule has 62 valence electrons. The van der Waals surface area contributed by atoms with Gasteiger partial charge in [-0.05, 0) is 0 Å². The molecule has 12 heavy (non-hydrogen) atoms. The summed E-state index contributed by atoms with van der Waals surface area (Å²) in [5, 5.41) is 10.5. The number of carboxylic acid groups (broad SMARTS) is 1. The Balaban J connectivity index is 2.78. The topological polar surface area (TPSA) is 66.0 Å². The van der Waals surface area contributed by atoms with Gasteiger partial charge in [-0.15, -0.1) is 0 Å². The van der Waals surface area contributed by atoms with Crippen LogP contribution in [-0.2, 0) is 0 Å². The average Bonchev–Trinajstić information content (AvgIpc) is 2.53. The summed E-state index contributed by atoms with van der Waals surface area (Å²) in [4.78, 5) is 17.5. The molecule has 4 nitrogen and oxygen atoms in total. The van der Waals surface area contributed by atoms with E-state index < -0.39 is 5.97 Å². The Morgan fingerprint density at radius 3 is 3.08 bits per heavy atom. The number of aromatic carboxylic acids is 1. The van der Waals surface area contributed by atoms with Gasteiger partial charge in [0, 0.05) is 0 Å². The number of H-pyrrole nitrogens is 1. The number of aromatic amines is 1. The first-order valence-corrected chi connectivity index (χ1v) is 5.68. The monoisotopic (exact) mass is 294 g/mol. The van der Waals surface area contributed by atoms with Gasteiger partial charge in [0.1, 0.15) is 0 Å². The van der Waals surface area contributed by atoms with Crippen LogP contribution in [0.1, 0.15) is 10.5 Å². The van der Waals surface area contributed by atoms with Crippen molar-refractivity contribution in [3.05, 3.63) is 15.2 Å². The standard InChI is InChI=1S/C6H3BrN2O2Se/c7-2-3-5(12-1-8-3)9-4(2)6(10)11/h1,9H,(H,10,11).